The summed E-state index contributed by atoms with van der Waals surface area (Å²) in [7, 11) is 0. The molecular weight excluding hydrogens is 208 g/mol. The molecule has 16 heavy (non-hydrogen) atoms. The average Bonchev–Trinajstić information content (AvgIpc) is 2.66. The molecule has 1 fully saturated rings. The molecule has 0 radical (unpaired) electrons. The summed E-state index contributed by atoms with van der Waals surface area (Å²) in [4.78, 5) is 16.6. The standard InChI is InChI=1S/C10H14N4O2/c11-9-2-1-8(5-12-9)14-4-3-7(6-14)13-10(15)16/h1-2,5,7,13H,3-4,6H2,(H2,11,12)(H,15,16). The van der Waals surface area contributed by atoms with Crippen LogP contribution in [0.2, 0.25) is 0 Å². The lowest BCUT2D eigenvalue weighted by atomic mass is 10.3. The number of nitrogens with two attached hydrogens (primary N) is 1. The maximum absolute atomic E-state index is 10.5. The van der Waals surface area contributed by atoms with E-state index in [9.17, 15) is 4.79 Å². The van der Waals surface area contributed by atoms with Crippen molar-refractivity contribution in [1.82, 2.24) is 10.3 Å². The van der Waals surface area contributed by atoms with Gasteiger partial charge in [-0.1, -0.05) is 0 Å². The number of carbonyl (C=O) groups is 1. The first-order valence-corrected chi connectivity index (χ1v) is 5.11. The maximum atomic E-state index is 10.5. The van der Waals surface area contributed by atoms with Gasteiger partial charge in [-0.15, -0.1) is 0 Å². The summed E-state index contributed by atoms with van der Waals surface area (Å²) in [6.45, 7) is 1.51. The molecule has 0 spiro atoms. The van der Waals surface area contributed by atoms with E-state index in [1.54, 1.807) is 12.3 Å². The second-order valence-corrected chi connectivity index (χ2v) is 3.82. The van der Waals surface area contributed by atoms with Crippen LogP contribution in [0.15, 0.2) is 18.3 Å². The number of carboxylic acid groups (broad SMARTS) is 1. The smallest absolute Gasteiger partial charge is 0.404 e. The van der Waals surface area contributed by atoms with Crippen molar-refractivity contribution >= 4 is 17.6 Å². The van der Waals surface area contributed by atoms with Crippen LogP contribution in [0.5, 0.6) is 0 Å². The number of hydrogen-bond acceptors (Lipinski definition) is 4. The quantitative estimate of drug-likeness (QED) is 0.678. The Bertz CT molecular complexity index is 379. The predicted molar refractivity (Wildman–Crippen MR) is 60.4 cm³/mol. The summed E-state index contributed by atoms with van der Waals surface area (Å²) in [6, 6.07) is 3.63. The van der Waals surface area contributed by atoms with Gasteiger partial charge < -0.3 is 21.1 Å². The van der Waals surface area contributed by atoms with Crippen molar-refractivity contribution in [3.05, 3.63) is 18.3 Å². The summed E-state index contributed by atoms with van der Waals surface area (Å²) in [5, 5.41) is 11.1. The topological polar surface area (TPSA) is 91.5 Å². The first-order valence-electron chi connectivity index (χ1n) is 5.11. The minimum absolute atomic E-state index is 0.00458. The molecule has 1 atom stereocenters. The predicted octanol–water partition coefficient (Wildman–Crippen LogP) is 0.510. The third-order valence-electron chi connectivity index (χ3n) is 2.65. The summed E-state index contributed by atoms with van der Waals surface area (Å²) in [5.74, 6) is 0.489. The van der Waals surface area contributed by atoms with E-state index in [0.717, 1.165) is 18.7 Å². The Labute approximate surface area is 93.1 Å². The van der Waals surface area contributed by atoms with Crippen LogP contribution in [-0.2, 0) is 0 Å². The SMILES string of the molecule is Nc1ccc(N2CCC(NC(=O)O)C2)cn1. The zero-order chi connectivity index (χ0) is 11.5. The van der Waals surface area contributed by atoms with Gasteiger partial charge in [0.25, 0.3) is 0 Å². The largest absolute Gasteiger partial charge is 0.465 e. The van der Waals surface area contributed by atoms with Crippen LogP contribution in [-0.4, -0.2) is 35.3 Å². The van der Waals surface area contributed by atoms with Crippen molar-refractivity contribution in [2.75, 3.05) is 23.7 Å². The molecule has 4 N–H and O–H groups in total. The Morgan fingerprint density at radius 1 is 1.62 bits per heavy atom. The average molecular weight is 222 g/mol. The van der Waals surface area contributed by atoms with Gasteiger partial charge in [0.2, 0.25) is 0 Å². The Kier molecular flexibility index (Phi) is 2.80. The molecule has 2 rings (SSSR count). The lowest BCUT2D eigenvalue weighted by Gasteiger charge is -2.18. The molecule has 2 heterocycles. The lowest BCUT2D eigenvalue weighted by molar-refractivity contribution is 0.191. The van der Waals surface area contributed by atoms with E-state index in [1.807, 2.05) is 6.07 Å². The fourth-order valence-electron chi connectivity index (χ4n) is 1.87. The van der Waals surface area contributed by atoms with Crippen LogP contribution in [0.3, 0.4) is 0 Å². The normalized spacial score (nSPS) is 19.8. The van der Waals surface area contributed by atoms with Crippen molar-refractivity contribution in [3.63, 3.8) is 0 Å². The highest BCUT2D eigenvalue weighted by molar-refractivity contribution is 5.65. The van der Waals surface area contributed by atoms with Crippen molar-refractivity contribution in [2.45, 2.75) is 12.5 Å². The van der Waals surface area contributed by atoms with Gasteiger partial charge in [0.15, 0.2) is 0 Å². The fraction of sp³-hybridized carbons (Fsp3) is 0.400. The molecule has 1 aliphatic rings. The molecular formula is C10H14N4O2. The third-order valence-corrected chi connectivity index (χ3v) is 2.65. The van der Waals surface area contributed by atoms with Crippen molar-refractivity contribution in [2.24, 2.45) is 0 Å². The Balaban J connectivity index is 1.98. The molecule has 0 saturated carbocycles. The van der Waals surface area contributed by atoms with E-state index < -0.39 is 6.09 Å². The Morgan fingerprint density at radius 2 is 2.44 bits per heavy atom. The van der Waals surface area contributed by atoms with Gasteiger partial charge in [-0.2, -0.15) is 0 Å². The number of anilines is 2. The van der Waals surface area contributed by atoms with Gasteiger partial charge >= 0.3 is 6.09 Å². The van der Waals surface area contributed by atoms with Crippen molar-refractivity contribution in [1.29, 1.82) is 0 Å². The van der Waals surface area contributed by atoms with Gasteiger partial charge in [0, 0.05) is 13.1 Å². The fourth-order valence-corrected chi connectivity index (χ4v) is 1.87. The molecule has 1 aromatic heterocycles. The van der Waals surface area contributed by atoms with Crippen LogP contribution >= 0.6 is 0 Å². The van der Waals surface area contributed by atoms with Crippen molar-refractivity contribution in [3.8, 4) is 0 Å². The maximum Gasteiger partial charge on any atom is 0.404 e. The van der Waals surface area contributed by atoms with Gasteiger partial charge in [-0.25, -0.2) is 9.78 Å². The van der Waals surface area contributed by atoms with Gasteiger partial charge in [0.05, 0.1) is 17.9 Å². The highest BCUT2D eigenvalue weighted by atomic mass is 16.4. The highest BCUT2D eigenvalue weighted by Gasteiger charge is 2.23. The van der Waals surface area contributed by atoms with E-state index in [-0.39, 0.29) is 6.04 Å². The number of aromatic nitrogens is 1. The first kappa shape index (κ1) is 10.5. The molecule has 6 heteroatoms. The second-order valence-electron chi connectivity index (χ2n) is 3.82. The molecule has 1 unspecified atom stereocenters. The molecule has 86 valence electrons. The molecule has 6 nitrogen and oxygen atoms in total. The Morgan fingerprint density at radius 3 is 3.06 bits per heavy atom. The Hall–Kier alpha value is -1.98. The molecule has 0 aromatic carbocycles. The zero-order valence-electron chi connectivity index (χ0n) is 8.76. The zero-order valence-corrected chi connectivity index (χ0v) is 8.76. The summed E-state index contributed by atoms with van der Waals surface area (Å²) >= 11 is 0. The third kappa shape index (κ3) is 2.33. The second kappa shape index (κ2) is 4.26. The minimum Gasteiger partial charge on any atom is -0.465 e. The van der Waals surface area contributed by atoms with Crippen LogP contribution in [0, 0.1) is 0 Å². The molecule has 1 saturated heterocycles. The molecule has 0 aliphatic carbocycles. The van der Waals surface area contributed by atoms with E-state index >= 15 is 0 Å². The number of pyridine rings is 1. The van der Waals surface area contributed by atoms with E-state index in [4.69, 9.17) is 10.8 Å². The lowest BCUT2D eigenvalue weighted by Crippen LogP contribution is -2.36. The first-order chi connectivity index (χ1) is 7.65. The van der Waals surface area contributed by atoms with Gasteiger partial charge in [-0.3, -0.25) is 0 Å². The number of amides is 1. The summed E-state index contributed by atoms with van der Waals surface area (Å²) in [5.41, 5.74) is 6.47. The number of nitrogen functional groups attached to an aromatic ring is 1. The van der Waals surface area contributed by atoms with E-state index in [2.05, 4.69) is 15.2 Å². The molecule has 1 aliphatic heterocycles. The van der Waals surface area contributed by atoms with E-state index in [0.29, 0.717) is 12.4 Å². The monoisotopic (exact) mass is 222 g/mol. The van der Waals surface area contributed by atoms with Crippen molar-refractivity contribution < 1.29 is 9.90 Å². The number of hydrogen-bond donors (Lipinski definition) is 3. The molecule has 1 amide bonds. The molecule has 1 aromatic rings. The van der Waals surface area contributed by atoms with Crippen LogP contribution in [0.4, 0.5) is 16.3 Å². The summed E-state index contributed by atoms with van der Waals surface area (Å²) in [6.07, 6.45) is 1.55. The van der Waals surface area contributed by atoms with Crippen LogP contribution in [0.25, 0.3) is 0 Å². The van der Waals surface area contributed by atoms with Crippen LogP contribution < -0.4 is 16.0 Å². The van der Waals surface area contributed by atoms with Crippen LogP contribution in [0.1, 0.15) is 6.42 Å². The van der Waals surface area contributed by atoms with Gasteiger partial charge in [-0.05, 0) is 18.6 Å². The highest BCUT2D eigenvalue weighted by Crippen LogP contribution is 2.19. The number of rotatable bonds is 2. The van der Waals surface area contributed by atoms with E-state index in [1.165, 1.54) is 0 Å². The number of nitrogens with zero attached hydrogens (tertiary/aromatic N) is 2. The van der Waals surface area contributed by atoms with Gasteiger partial charge in [0.1, 0.15) is 5.82 Å². The summed E-state index contributed by atoms with van der Waals surface area (Å²) < 4.78 is 0. The minimum atomic E-state index is -0.970. The number of nitrogens with one attached hydrogen (secondary N) is 1. The molecule has 0 bridgehead atoms.